The van der Waals surface area contributed by atoms with Gasteiger partial charge >= 0.3 is 0 Å². The van der Waals surface area contributed by atoms with Crippen molar-refractivity contribution in [3.63, 3.8) is 0 Å². The van der Waals surface area contributed by atoms with Crippen LogP contribution in [0.15, 0.2) is 29.8 Å². The molecule has 0 saturated heterocycles. The fraction of sp³-hybridized carbons (Fsp3) is 0.167. The van der Waals surface area contributed by atoms with Crippen molar-refractivity contribution in [3.05, 3.63) is 36.0 Å². The van der Waals surface area contributed by atoms with Crippen LogP contribution in [0.25, 0.3) is 0 Å². The number of Topliss-reactive ketones (excluding diaryl/α,β-unsaturated/α-hetero) is 1. The van der Waals surface area contributed by atoms with Crippen LogP contribution < -0.4 is 0 Å². The molecule has 0 bridgehead atoms. The molecule has 1 aromatic rings. The van der Waals surface area contributed by atoms with E-state index >= 15 is 0 Å². The van der Waals surface area contributed by atoms with E-state index in [2.05, 4.69) is 16.6 Å². The molecule has 16 heavy (non-hydrogen) atoms. The Morgan fingerprint density at radius 1 is 1.69 bits per heavy atom. The molecule has 0 radical (unpaired) electrons. The molecular weight excluding hydrogens is 202 g/mol. The van der Waals surface area contributed by atoms with Gasteiger partial charge in [-0.25, -0.2) is 9.98 Å². The van der Waals surface area contributed by atoms with Gasteiger partial charge in [-0.05, 0) is 19.1 Å². The van der Waals surface area contributed by atoms with Crippen LogP contribution in [0.1, 0.15) is 29.4 Å². The second kappa shape index (κ2) is 5.56. The predicted octanol–water partition coefficient (Wildman–Crippen LogP) is 2.43. The first-order chi connectivity index (χ1) is 7.69. The van der Waals surface area contributed by atoms with E-state index in [1.54, 1.807) is 18.4 Å². The summed E-state index contributed by atoms with van der Waals surface area (Å²) in [6.45, 7) is 4.99. The predicted molar refractivity (Wildman–Crippen MR) is 61.9 cm³/mol. The number of nitrogens with zero attached hydrogens (tertiary/aromatic N) is 3. The zero-order chi connectivity index (χ0) is 12.0. The summed E-state index contributed by atoms with van der Waals surface area (Å²) < 4.78 is 0. The number of allylic oxidation sites excluding steroid dienone is 1. The van der Waals surface area contributed by atoms with Crippen LogP contribution >= 0.6 is 0 Å². The number of hydrogen-bond donors (Lipinski definition) is 0. The van der Waals surface area contributed by atoms with Crippen molar-refractivity contribution in [1.29, 1.82) is 5.26 Å². The molecule has 0 aliphatic carbocycles. The van der Waals surface area contributed by atoms with Crippen molar-refractivity contribution in [2.24, 2.45) is 4.99 Å². The van der Waals surface area contributed by atoms with E-state index in [0.717, 1.165) is 0 Å². The van der Waals surface area contributed by atoms with Crippen molar-refractivity contribution in [1.82, 2.24) is 4.98 Å². The van der Waals surface area contributed by atoms with Crippen molar-refractivity contribution in [2.75, 3.05) is 0 Å². The molecule has 0 amide bonds. The van der Waals surface area contributed by atoms with E-state index < -0.39 is 0 Å². The van der Waals surface area contributed by atoms with E-state index in [0.29, 0.717) is 12.0 Å². The highest BCUT2D eigenvalue weighted by Crippen LogP contribution is 2.17. The smallest absolute Gasteiger partial charge is 0.163 e. The third-order valence-electron chi connectivity index (χ3n) is 1.85. The first-order valence-corrected chi connectivity index (χ1v) is 4.74. The zero-order valence-corrected chi connectivity index (χ0v) is 8.97. The largest absolute Gasteiger partial charge is 0.294 e. The van der Waals surface area contributed by atoms with Gasteiger partial charge in [-0.15, -0.1) is 6.58 Å². The van der Waals surface area contributed by atoms with E-state index in [4.69, 9.17) is 5.26 Å². The number of aromatic nitrogens is 1. The molecule has 1 heterocycles. The van der Waals surface area contributed by atoms with Gasteiger partial charge in [0.2, 0.25) is 0 Å². The average molecular weight is 213 g/mol. The Kier molecular flexibility index (Phi) is 4.10. The van der Waals surface area contributed by atoms with Gasteiger partial charge in [-0.3, -0.25) is 4.79 Å². The molecule has 0 unspecified atom stereocenters. The Morgan fingerprint density at radius 3 is 3.00 bits per heavy atom. The molecule has 0 fully saturated rings. The maximum atomic E-state index is 11.3. The molecule has 0 atom stereocenters. The molecular formula is C12H11N3O. The third-order valence-corrected chi connectivity index (χ3v) is 1.85. The zero-order valence-electron chi connectivity index (χ0n) is 8.97. The number of rotatable bonds is 4. The Bertz CT molecular complexity index is 484. The number of nitriles is 1. The van der Waals surface area contributed by atoms with Gasteiger partial charge < -0.3 is 0 Å². The van der Waals surface area contributed by atoms with Crippen LogP contribution in [0.2, 0.25) is 0 Å². The van der Waals surface area contributed by atoms with Crippen LogP contribution in [-0.2, 0) is 0 Å². The first kappa shape index (κ1) is 11.8. The minimum absolute atomic E-state index is 0.122. The van der Waals surface area contributed by atoms with Crippen LogP contribution in [0.3, 0.4) is 0 Å². The van der Waals surface area contributed by atoms with Gasteiger partial charge in [-0.2, -0.15) is 5.26 Å². The SMILES string of the molecule is C=CC/C=N\c1nc(C#N)ccc1C(C)=O. The third kappa shape index (κ3) is 2.85. The summed E-state index contributed by atoms with van der Waals surface area (Å²) in [5.41, 5.74) is 0.662. The summed E-state index contributed by atoms with van der Waals surface area (Å²) >= 11 is 0. The Morgan fingerprint density at radius 2 is 2.44 bits per heavy atom. The molecule has 0 spiro atoms. The van der Waals surface area contributed by atoms with Gasteiger partial charge in [0.25, 0.3) is 0 Å². The van der Waals surface area contributed by atoms with Crippen LogP contribution in [0.5, 0.6) is 0 Å². The maximum Gasteiger partial charge on any atom is 0.163 e. The molecule has 0 aliphatic rings. The lowest BCUT2D eigenvalue weighted by molar-refractivity contribution is 0.101. The van der Waals surface area contributed by atoms with Crippen molar-refractivity contribution in [3.8, 4) is 6.07 Å². The fourth-order valence-corrected chi connectivity index (χ4v) is 1.10. The number of aliphatic imine (C=N–C) groups is 1. The Balaban J connectivity index is 3.16. The molecule has 0 N–H and O–H groups in total. The highest BCUT2D eigenvalue weighted by Gasteiger charge is 2.08. The van der Waals surface area contributed by atoms with E-state index in [9.17, 15) is 4.79 Å². The minimum atomic E-state index is -0.122. The maximum absolute atomic E-state index is 11.3. The van der Waals surface area contributed by atoms with Gasteiger partial charge in [0, 0.05) is 12.6 Å². The van der Waals surface area contributed by atoms with Gasteiger partial charge in [0.15, 0.2) is 11.6 Å². The van der Waals surface area contributed by atoms with Gasteiger partial charge in [-0.1, -0.05) is 6.08 Å². The first-order valence-electron chi connectivity index (χ1n) is 4.74. The second-order valence-electron chi connectivity index (χ2n) is 3.07. The Hall–Kier alpha value is -2.28. The summed E-state index contributed by atoms with van der Waals surface area (Å²) in [7, 11) is 0. The van der Waals surface area contributed by atoms with Crippen LogP contribution in [0, 0.1) is 11.3 Å². The molecule has 4 nitrogen and oxygen atoms in total. The van der Waals surface area contributed by atoms with Gasteiger partial charge in [0.05, 0.1) is 5.56 Å². The van der Waals surface area contributed by atoms with Crippen molar-refractivity contribution >= 4 is 17.8 Å². The standard InChI is InChI=1S/C12H11N3O/c1-3-4-7-14-12-11(9(2)16)6-5-10(8-13)15-12/h3,5-7H,1,4H2,2H3/b14-7-. The van der Waals surface area contributed by atoms with Crippen LogP contribution in [0.4, 0.5) is 5.82 Å². The topological polar surface area (TPSA) is 66.1 Å². The number of pyridine rings is 1. The van der Waals surface area contributed by atoms with E-state index in [1.165, 1.54) is 13.0 Å². The van der Waals surface area contributed by atoms with Crippen molar-refractivity contribution in [2.45, 2.75) is 13.3 Å². The summed E-state index contributed by atoms with van der Waals surface area (Å²) in [4.78, 5) is 19.3. The monoisotopic (exact) mass is 213 g/mol. The Labute approximate surface area is 94.0 Å². The van der Waals surface area contributed by atoms with E-state index in [-0.39, 0.29) is 17.3 Å². The molecule has 0 aromatic carbocycles. The lowest BCUT2D eigenvalue weighted by Gasteiger charge is -2.00. The molecule has 0 aliphatic heterocycles. The van der Waals surface area contributed by atoms with Gasteiger partial charge in [0.1, 0.15) is 11.8 Å². The number of ketones is 1. The van der Waals surface area contributed by atoms with Crippen molar-refractivity contribution < 1.29 is 4.79 Å². The number of hydrogen-bond acceptors (Lipinski definition) is 4. The molecule has 1 aromatic heterocycles. The summed E-state index contributed by atoms with van der Waals surface area (Å²) in [5, 5.41) is 8.70. The molecule has 1 rings (SSSR count). The quantitative estimate of drug-likeness (QED) is 0.438. The minimum Gasteiger partial charge on any atom is -0.294 e. The number of carbonyl (C=O) groups is 1. The van der Waals surface area contributed by atoms with E-state index in [1.807, 2.05) is 6.07 Å². The molecule has 4 heteroatoms. The average Bonchev–Trinajstić information content (AvgIpc) is 2.29. The lowest BCUT2D eigenvalue weighted by atomic mass is 10.2. The lowest BCUT2D eigenvalue weighted by Crippen LogP contribution is -1.96. The highest BCUT2D eigenvalue weighted by atomic mass is 16.1. The molecule has 80 valence electrons. The summed E-state index contributed by atoms with van der Waals surface area (Å²) in [6.07, 6.45) is 3.88. The summed E-state index contributed by atoms with van der Waals surface area (Å²) in [6, 6.07) is 4.97. The number of carbonyl (C=O) groups excluding carboxylic acids is 1. The normalized spacial score (nSPS) is 10.0. The van der Waals surface area contributed by atoms with Crippen LogP contribution in [-0.4, -0.2) is 17.0 Å². The highest BCUT2D eigenvalue weighted by molar-refractivity contribution is 5.98. The fourth-order valence-electron chi connectivity index (χ4n) is 1.10. The summed E-state index contributed by atoms with van der Waals surface area (Å²) in [5.74, 6) is 0.163. The second-order valence-corrected chi connectivity index (χ2v) is 3.07. The molecule has 0 saturated carbocycles.